The van der Waals surface area contributed by atoms with Gasteiger partial charge in [-0.1, -0.05) is 11.6 Å². The fourth-order valence-corrected chi connectivity index (χ4v) is 3.83. The van der Waals surface area contributed by atoms with Crippen LogP contribution in [0.5, 0.6) is 0 Å². The van der Waals surface area contributed by atoms with Crippen molar-refractivity contribution < 1.29 is 9.18 Å². The number of aromatic nitrogens is 1. The monoisotopic (exact) mass is 389 g/mol. The molecule has 1 aliphatic rings. The van der Waals surface area contributed by atoms with E-state index in [4.69, 9.17) is 11.6 Å². The van der Waals surface area contributed by atoms with Crippen LogP contribution in [0.25, 0.3) is 0 Å². The SMILES string of the molecule is Cc1nccc(C(C)N2CCC(NC(=O)c3ccc(F)c(Cl)c3)CC2)c1C. The van der Waals surface area contributed by atoms with E-state index in [0.717, 1.165) is 31.6 Å². The highest BCUT2D eigenvalue weighted by molar-refractivity contribution is 6.31. The molecule has 1 aromatic carbocycles. The van der Waals surface area contributed by atoms with E-state index in [1.54, 1.807) is 0 Å². The molecule has 1 fully saturated rings. The second-order valence-electron chi connectivity index (χ2n) is 7.20. The van der Waals surface area contributed by atoms with Crippen LogP contribution in [-0.4, -0.2) is 34.9 Å². The largest absolute Gasteiger partial charge is 0.349 e. The van der Waals surface area contributed by atoms with Gasteiger partial charge in [0.25, 0.3) is 5.91 Å². The molecule has 1 aromatic heterocycles. The Bertz CT molecular complexity index is 834. The van der Waals surface area contributed by atoms with E-state index in [0.29, 0.717) is 11.6 Å². The van der Waals surface area contributed by atoms with Crippen molar-refractivity contribution >= 4 is 17.5 Å². The lowest BCUT2D eigenvalue weighted by atomic mass is 9.97. The van der Waals surface area contributed by atoms with E-state index in [1.165, 1.54) is 29.3 Å². The van der Waals surface area contributed by atoms with E-state index in [-0.39, 0.29) is 17.0 Å². The lowest BCUT2D eigenvalue weighted by Gasteiger charge is -2.37. The number of halogens is 2. The summed E-state index contributed by atoms with van der Waals surface area (Å²) in [6.07, 6.45) is 3.64. The van der Waals surface area contributed by atoms with Crippen molar-refractivity contribution in [1.82, 2.24) is 15.2 Å². The average molecular weight is 390 g/mol. The van der Waals surface area contributed by atoms with E-state index >= 15 is 0 Å². The Morgan fingerprint density at radius 1 is 1.30 bits per heavy atom. The summed E-state index contributed by atoms with van der Waals surface area (Å²) in [5.41, 5.74) is 4.01. The minimum atomic E-state index is -0.517. The third-order valence-electron chi connectivity index (χ3n) is 5.54. The third-order valence-corrected chi connectivity index (χ3v) is 5.83. The number of pyridine rings is 1. The van der Waals surface area contributed by atoms with Crippen molar-refractivity contribution in [3.8, 4) is 0 Å². The lowest BCUT2D eigenvalue weighted by molar-refractivity contribution is 0.0895. The van der Waals surface area contributed by atoms with Gasteiger partial charge in [0, 0.05) is 42.6 Å². The van der Waals surface area contributed by atoms with Crippen LogP contribution in [0.15, 0.2) is 30.5 Å². The van der Waals surface area contributed by atoms with Gasteiger partial charge >= 0.3 is 0 Å². The van der Waals surface area contributed by atoms with Crippen LogP contribution in [0.3, 0.4) is 0 Å². The molecule has 0 bridgehead atoms. The maximum absolute atomic E-state index is 13.3. The molecule has 6 heteroatoms. The molecule has 1 aliphatic heterocycles. The fraction of sp³-hybridized carbons (Fsp3) is 0.429. The molecule has 0 saturated carbocycles. The predicted octanol–water partition coefficient (Wildman–Crippen LogP) is 4.45. The minimum Gasteiger partial charge on any atom is -0.349 e. The van der Waals surface area contributed by atoms with Crippen molar-refractivity contribution in [3.63, 3.8) is 0 Å². The Labute approximate surface area is 164 Å². The second kappa shape index (κ2) is 8.36. The number of rotatable bonds is 4. The normalized spacial score (nSPS) is 16.9. The van der Waals surface area contributed by atoms with Crippen molar-refractivity contribution in [3.05, 3.63) is 63.7 Å². The number of piperidine rings is 1. The first-order valence-electron chi connectivity index (χ1n) is 9.29. The van der Waals surface area contributed by atoms with Crippen molar-refractivity contribution in [2.45, 2.75) is 45.7 Å². The molecule has 1 unspecified atom stereocenters. The van der Waals surface area contributed by atoms with Gasteiger partial charge in [-0.2, -0.15) is 0 Å². The predicted molar refractivity (Wildman–Crippen MR) is 106 cm³/mol. The summed E-state index contributed by atoms with van der Waals surface area (Å²) in [6, 6.07) is 6.59. The molecule has 3 rings (SSSR count). The molecular formula is C21H25ClFN3O. The molecule has 4 nitrogen and oxygen atoms in total. The van der Waals surface area contributed by atoms with E-state index < -0.39 is 5.82 Å². The zero-order chi connectivity index (χ0) is 19.6. The number of carbonyl (C=O) groups excluding carboxylic acids is 1. The average Bonchev–Trinajstić information content (AvgIpc) is 2.66. The Morgan fingerprint density at radius 2 is 2.00 bits per heavy atom. The first-order valence-corrected chi connectivity index (χ1v) is 9.66. The standard InChI is InChI=1S/C21H25ClFN3O/c1-13-14(2)24-9-6-18(13)15(3)26-10-7-17(8-11-26)25-21(27)16-4-5-20(23)19(22)12-16/h4-6,9,12,15,17H,7-8,10-11H2,1-3H3,(H,25,27). The maximum atomic E-state index is 13.3. The van der Waals surface area contributed by atoms with Crippen LogP contribution in [-0.2, 0) is 0 Å². The summed E-state index contributed by atoms with van der Waals surface area (Å²) in [5.74, 6) is -0.721. The Morgan fingerprint density at radius 3 is 2.67 bits per heavy atom. The fourth-order valence-electron chi connectivity index (χ4n) is 3.65. The van der Waals surface area contributed by atoms with Gasteiger partial charge in [0.1, 0.15) is 5.82 Å². The first-order chi connectivity index (χ1) is 12.9. The molecule has 2 heterocycles. The van der Waals surface area contributed by atoms with E-state index in [2.05, 4.69) is 35.1 Å². The van der Waals surface area contributed by atoms with Crippen molar-refractivity contribution in [1.29, 1.82) is 0 Å². The number of likely N-dealkylation sites (tertiary alicyclic amines) is 1. The highest BCUT2D eigenvalue weighted by Crippen LogP contribution is 2.27. The van der Waals surface area contributed by atoms with Crippen LogP contribution in [0.2, 0.25) is 5.02 Å². The number of carbonyl (C=O) groups is 1. The van der Waals surface area contributed by atoms with Gasteiger partial charge in [-0.25, -0.2) is 4.39 Å². The number of hydrogen-bond donors (Lipinski definition) is 1. The molecule has 2 aromatic rings. The molecule has 1 saturated heterocycles. The molecule has 27 heavy (non-hydrogen) atoms. The molecule has 0 aliphatic carbocycles. The zero-order valence-corrected chi connectivity index (χ0v) is 16.7. The smallest absolute Gasteiger partial charge is 0.251 e. The van der Waals surface area contributed by atoms with Gasteiger partial charge in [-0.15, -0.1) is 0 Å². The summed E-state index contributed by atoms with van der Waals surface area (Å²) in [6.45, 7) is 8.21. The molecule has 1 amide bonds. The summed E-state index contributed by atoms with van der Waals surface area (Å²) in [4.78, 5) is 19.2. The van der Waals surface area contributed by atoms with Gasteiger partial charge < -0.3 is 5.32 Å². The third kappa shape index (κ3) is 4.47. The summed E-state index contributed by atoms with van der Waals surface area (Å²) >= 11 is 5.77. The van der Waals surface area contributed by atoms with Crippen molar-refractivity contribution in [2.24, 2.45) is 0 Å². The van der Waals surface area contributed by atoms with Gasteiger partial charge in [0.05, 0.1) is 5.02 Å². The number of hydrogen-bond acceptors (Lipinski definition) is 3. The van der Waals surface area contributed by atoms with Crippen LogP contribution in [0.4, 0.5) is 4.39 Å². The Kier molecular flexibility index (Phi) is 6.12. The quantitative estimate of drug-likeness (QED) is 0.840. The highest BCUT2D eigenvalue weighted by Gasteiger charge is 2.25. The van der Waals surface area contributed by atoms with Gasteiger partial charge in [-0.05, 0) is 69.0 Å². The highest BCUT2D eigenvalue weighted by atomic mass is 35.5. The molecule has 1 N–H and O–H groups in total. The van der Waals surface area contributed by atoms with Gasteiger partial charge in [0.2, 0.25) is 0 Å². The van der Waals surface area contributed by atoms with Crippen molar-refractivity contribution in [2.75, 3.05) is 13.1 Å². The summed E-state index contributed by atoms with van der Waals surface area (Å²) < 4.78 is 13.3. The van der Waals surface area contributed by atoms with Gasteiger partial charge in [-0.3, -0.25) is 14.7 Å². The maximum Gasteiger partial charge on any atom is 0.251 e. The second-order valence-corrected chi connectivity index (χ2v) is 7.61. The topological polar surface area (TPSA) is 45.2 Å². The Balaban J connectivity index is 1.57. The number of aryl methyl sites for hydroxylation is 1. The zero-order valence-electron chi connectivity index (χ0n) is 15.9. The summed E-state index contributed by atoms with van der Waals surface area (Å²) in [7, 11) is 0. The van der Waals surface area contributed by atoms with Gasteiger partial charge in [0.15, 0.2) is 0 Å². The Hall–Kier alpha value is -1.98. The lowest BCUT2D eigenvalue weighted by Crippen LogP contribution is -2.45. The van der Waals surface area contributed by atoms with Crippen LogP contribution in [0.1, 0.15) is 53.0 Å². The van der Waals surface area contributed by atoms with Crippen LogP contribution >= 0.6 is 11.6 Å². The number of nitrogens with zero attached hydrogens (tertiary/aromatic N) is 2. The number of nitrogens with one attached hydrogen (secondary N) is 1. The molecule has 1 atom stereocenters. The van der Waals surface area contributed by atoms with E-state index in [9.17, 15) is 9.18 Å². The van der Waals surface area contributed by atoms with Crippen LogP contribution < -0.4 is 5.32 Å². The first kappa shape index (κ1) is 19.8. The molecule has 0 spiro atoms. The van der Waals surface area contributed by atoms with E-state index in [1.807, 2.05) is 13.1 Å². The molecule has 0 radical (unpaired) electrons. The van der Waals surface area contributed by atoms with Crippen LogP contribution in [0, 0.1) is 19.7 Å². The number of amides is 1. The molecule has 144 valence electrons. The minimum absolute atomic E-state index is 0.0330. The molecular weight excluding hydrogens is 365 g/mol. The summed E-state index contributed by atoms with van der Waals surface area (Å²) in [5, 5.41) is 3.01. The number of benzene rings is 1.